The van der Waals surface area contributed by atoms with E-state index in [2.05, 4.69) is 0 Å². The van der Waals surface area contributed by atoms with Crippen LogP contribution in [0, 0.1) is 0 Å². The second-order valence-electron chi connectivity index (χ2n) is 4.60. The molecule has 0 aliphatic heterocycles. The number of rotatable bonds is 6. The van der Waals surface area contributed by atoms with Gasteiger partial charge >= 0.3 is 5.97 Å². The minimum Gasteiger partial charge on any atom is -0.495 e. The molecule has 0 fully saturated rings. The Morgan fingerprint density at radius 2 is 1.86 bits per heavy atom. The summed E-state index contributed by atoms with van der Waals surface area (Å²) in [5.74, 6) is -1.57. The Bertz CT molecular complexity index is 684. The van der Waals surface area contributed by atoms with Gasteiger partial charge in [0.2, 0.25) is 10.0 Å². The largest absolute Gasteiger partial charge is 0.495 e. The van der Waals surface area contributed by atoms with Crippen molar-refractivity contribution >= 4 is 21.9 Å². The van der Waals surface area contributed by atoms with E-state index in [1.165, 1.54) is 40.3 Å². The molecule has 1 rings (SSSR count). The average molecular weight is 330 g/mol. The number of sulfonamides is 1. The van der Waals surface area contributed by atoms with Gasteiger partial charge in [0, 0.05) is 14.1 Å². The summed E-state index contributed by atoms with van der Waals surface area (Å²) in [5.41, 5.74) is 4.98. The number of hydrogen-bond donors (Lipinski definition) is 1. The Kier molecular flexibility index (Phi) is 5.50. The highest BCUT2D eigenvalue weighted by atomic mass is 32.2. The number of nitrogens with zero attached hydrogens (tertiary/aromatic N) is 1. The summed E-state index contributed by atoms with van der Waals surface area (Å²) in [6.45, 7) is 1.32. The molecule has 1 amide bonds. The summed E-state index contributed by atoms with van der Waals surface area (Å²) >= 11 is 0. The summed E-state index contributed by atoms with van der Waals surface area (Å²) in [4.78, 5) is 22.7. The zero-order valence-corrected chi connectivity index (χ0v) is 13.5. The molecule has 1 aromatic carbocycles. The van der Waals surface area contributed by atoms with Crippen molar-refractivity contribution in [2.75, 3.05) is 21.2 Å². The SMILES string of the molecule is COc1ccc(C(=O)O[C@@H](C)C(N)=O)cc1S(=O)(=O)N(C)C. The molecule has 0 unspecified atom stereocenters. The second kappa shape index (κ2) is 6.75. The molecule has 0 spiro atoms. The molecule has 0 heterocycles. The van der Waals surface area contributed by atoms with Crippen molar-refractivity contribution in [2.24, 2.45) is 5.73 Å². The van der Waals surface area contributed by atoms with Crippen LogP contribution in [-0.2, 0) is 19.6 Å². The van der Waals surface area contributed by atoms with Crippen LogP contribution >= 0.6 is 0 Å². The highest BCUT2D eigenvalue weighted by Gasteiger charge is 2.25. The van der Waals surface area contributed by atoms with Gasteiger partial charge in [0.25, 0.3) is 5.91 Å². The van der Waals surface area contributed by atoms with Crippen molar-refractivity contribution < 1.29 is 27.5 Å². The summed E-state index contributed by atoms with van der Waals surface area (Å²) in [6.07, 6.45) is -1.12. The van der Waals surface area contributed by atoms with Gasteiger partial charge < -0.3 is 15.2 Å². The predicted octanol–water partition coefficient (Wildman–Crippen LogP) is -0.0239. The van der Waals surface area contributed by atoms with Crippen LogP contribution in [0.15, 0.2) is 23.1 Å². The molecule has 0 saturated heterocycles. The van der Waals surface area contributed by atoms with E-state index < -0.39 is 28.0 Å². The van der Waals surface area contributed by atoms with Gasteiger partial charge in [-0.2, -0.15) is 0 Å². The number of ether oxygens (including phenoxy) is 2. The van der Waals surface area contributed by atoms with Crippen LogP contribution in [0.3, 0.4) is 0 Å². The van der Waals surface area contributed by atoms with Gasteiger partial charge in [0.05, 0.1) is 12.7 Å². The maximum atomic E-state index is 12.2. The molecule has 22 heavy (non-hydrogen) atoms. The Labute approximate surface area is 128 Å². The van der Waals surface area contributed by atoms with Gasteiger partial charge in [-0.1, -0.05) is 0 Å². The summed E-state index contributed by atoms with van der Waals surface area (Å²) in [5, 5.41) is 0. The van der Waals surface area contributed by atoms with Crippen LogP contribution in [0.25, 0.3) is 0 Å². The first-order chi connectivity index (χ1) is 10.1. The molecule has 2 N–H and O–H groups in total. The molecule has 122 valence electrons. The van der Waals surface area contributed by atoms with Crippen molar-refractivity contribution in [3.8, 4) is 5.75 Å². The molecule has 0 aliphatic rings. The normalized spacial score (nSPS) is 12.8. The molecule has 0 saturated carbocycles. The van der Waals surface area contributed by atoms with E-state index in [0.29, 0.717) is 0 Å². The lowest BCUT2D eigenvalue weighted by molar-refractivity contribution is -0.125. The van der Waals surface area contributed by atoms with Crippen LogP contribution in [0.4, 0.5) is 0 Å². The van der Waals surface area contributed by atoms with Gasteiger partial charge in [-0.05, 0) is 25.1 Å². The maximum absolute atomic E-state index is 12.2. The first-order valence-corrected chi connectivity index (χ1v) is 7.66. The highest BCUT2D eigenvalue weighted by molar-refractivity contribution is 7.89. The van der Waals surface area contributed by atoms with E-state index in [0.717, 1.165) is 10.4 Å². The van der Waals surface area contributed by atoms with E-state index in [1.807, 2.05) is 0 Å². The van der Waals surface area contributed by atoms with Crippen molar-refractivity contribution in [2.45, 2.75) is 17.9 Å². The molecule has 0 aromatic heterocycles. The zero-order valence-electron chi connectivity index (χ0n) is 12.7. The molecular weight excluding hydrogens is 312 g/mol. The van der Waals surface area contributed by atoms with Crippen LogP contribution < -0.4 is 10.5 Å². The average Bonchev–Trinajstić information content (AvgIpc) is 2.45. The third kappa shape index (κ3) is 3.74. The summed E-state index contributed by atoms with van der Waals surface area (Å²) in [6, 6.07) is 3.80. The molecule has 0 bridgehead atoms. The minimum absolute atomic E-state index is 0.0330. The van der Waals surface area contributed by atoms with Gasteiger partial charge in [-0.15, -0.1) is 0 Å². The number of amides is 1. The van der Waals surface area contributed by atoms with E-state index in [4.69, 9.17) is 15.2 Å². The van der Waals surface area contributed by atoms with Crippen LogP contribution in [-0.4, -0.2) is 51.9 Å². The fraction of sp³-hybridized carbons (Fsp3) is 0.385. The maximum Gasteiger partial charge on any atom is 0.338 e. The first kappa shape index (κ1) is 17.9. The van der Waals surface area contributed by atoms with Gasteiger partial charge in [-0.3, -0.25) is 4.79 Å². The van der Waals surface area contributed by atoms with Crippen LogP contribution in [0.5, 0.6) is 5.75 Å². The Morgan fingerprint density at radius 3 is 2.32 bits per heavy atom. The van der Waals surface area contributed by atoms with Crippen LogP contribution in [0.2, 0.25) is 0 Å². The number of hydrogen-bond acceptors (Lipinski definition) is 6. The fourth-order valence-electron chi connectivity index (χ4n) is 1.49. The lowest BCUT2D eigenvalue weighted by Gasteiger charge is -2.16. The quantitative estimate of drug-likeness (QED) is 0.733. The number of primary amides is 1. The minimum atomic E-state index is -3.81. The topological polar surface area (TPSA) is 116 Å². The fourth-order valence-corrected chi connectivity index (χ4v) is 2.56. The Morgan fingerprint density at radius 1 is 1.27 bits per heavy atom. The molecule has 1 aromatic rings. The number of carbonyl (C=O) groups excluding carboxylic acids is 2. The van der Waals surface area contributed by atoms with Crippen molar-refractivity contribution in [1.29, 1.82) is 0 Å². The Balaban J connectivity index is 3.26. The Hall–Kier alpha value is -2.13. The third-order valence-corrected chi connectivity index (χ3v) is 4.68. The molecule has 0 aliphatic carbocycles. The van der Waals surface area contributed by atoms with E-state index >= 15 is 0 Å². The second-order valence-corrected chi connectivity index (χ2v) is 6.72. The highest BCUT2D eigenvalue weighted by Crippen LogP contribution is 2.27. The third-order valence-electron chi connectivity index (χ3n) is 2.84. The lowest BCUT2D eigenvalue weighted by atomic mass is 10.2. The number of nitrogens with two attached hydrogens (primary N) is 1. The lowest BCUT2D eigenvalue weighted by Crippen LogP contribution is -2.30. The molecule has 9 heteroatoms. The molecular formula is C13H18N2O6S. The van der Waals surface area contributed by atoms with Gasteiger partial charge in [-0.25, -0.2) is 17.5 Å². The van der Waals surface area contributed by atoms with E-state index in [-0.39, 0.29) is 16.2 Å². The predicted molar refractivity (Wildman–Crippen MR) is 77.9 cm³/mol. The van der Waals surface area contributed by atoms with Crippen molar-refractivity contribution in [3.63, 3.8) is 0 Å². The molecule has 1 atom stereocenters. The van der Waals surface area contributed by atoms with Crippen molar-refractivity contribution in [3.05, 3.63) is 23.8 Å². The first-order valence-electron chi connectivity index (χ1n) is 6.22. The number of benzene rings is 1. The summed E-state index contributed by atoms with van der Waals surface area (Å²) < 4.78 is 35.3. The number of methoxy groups -OCH3 is 1. The van der Waals surface area contributed by atoms with E-state index in [9.17, 15) is 18.0 Å². The zero-order chi connectivity index (χ0) is 17.1. The molecule has 0 radical (unpaired) electrons. The van der Waals surface area contributed by atoms with E-state index in [1.54, 1.807) is 0 Å². The molecule has 8 nitrogen and oxygen atoms in total. The number of carbonyl (C=O) groups is 2. The van der Waals surface area contributed by atoms with Crippen molar-refractivity contribution in [1.82, 2.24) is 4.31 Å². The standard InChI is InChI=1S/C13H18N2O6S/c1-8(12(14)16)21-13(17)9-5-6-10(20-4)11(7-9)22(18,19)15(2)3/h5-8H,1-4H3,(H2,14,16)/t8-/m0/s1. The smallest absolute Gasteiger partial charge is 0.338 e. The number of esters is 1. The monoisotopic (exact) mass is 330 g/mol. The van der Waals surface area contributed by atoms with Crippen LogP contribution in [0.1, 0.15) is 17.3 Å². The van der Waals surface area contributed by atoms with Gasteiger partial charge in [0.15, 0.2) is 6.10 Å². The van der Waals surface area contributed by atoms with Gasteiger partial charge in [0.1, 0.15) is 10.6 Å². The summed E-state index contributed by atoms with van der Waals surface area (Å²) in [7, 11) is 0.217.